The van der Waals surface area contributed by atoms with E-state index in [0.717, 1.165) is 17.9 Å². The molecule has 0 unspecified atom stereocenters. The van der Waals surface area contributed by atoms with E-state index in [9.17, 15) is 4.79 Å². The molecule has 3 heteroatoms. The molecule has 3 nitrogen and oxygen atoms in total. The second-order valence-electron chi connectivity index (χ2n) is 4.72. The monoisotopic (exact) mass is 346 g/mol. The molecule has 140 valence electrons. The second kappa shape index (κ2) is 16.6. The number of ether oxygens (including phenoxy) is 1. The molecular weight excluding hydrogens is 312 g/mol. The van der Waals surface area contributed by atoms with Crippen molar-refractivity contribution in [3.05, 3.63) is 65.7 Å². The average molecular weight is 347 g/mol. The van der Waals surface area contributed by atoms with Crippen molar-refractivity contribution in [3.63, 3.8) is 0 Å². The zero-order chi connectivity index (χ0) is 19.7. The fourth-order valence-corrected chi connectivity index (χ4v) is 1.69. The van der Waals surface area contributed by atoms with Gasteiger partial charge in [-0.1, -0.05) is 75.7 Å². The van der Waals surface area contributed by atoms with Gasteiger partial charge in [0.1, 0.15) is 5.75 Å². The molecule has 0 radical (unpaired) electrons. The van der Waals surface area contributed by atoms with E-state index in [1.807, 2.05) is 89.2 Å². The smallest absolute Gasteiger partial charge is 0.310 e. The number of hydrogen-bond donors (Lipinski definition) is 1. The number of rotatable bonds is 4. The molecule has 0 bridgehead atoms. The van der Waals surface area contributed by atoms with Crippen molar-refractivity contribution in [2.45, 2.75) is 54.4 Å². The summed E-state index contributed by atoms with van der Waals surface area (Å²) in [5.41, 5.74) is 2.11. The number of carboxylic acids is 1. The molecule has 0 aliphatic heterocycles. The Morgan fingerprint density at radius 3 is 1.84 bits per heavy atom. The number of aryl methyl sites for hydroxylation is 1. The molecule has 1 atom stereocenters. The normalized spacial score (nSPS) is 9.72. The highest BCUT2D eigenvalue weighted by Crippen LogP contribution is 2.13. The third kappa shape index (κ3) is 11.8. The Morgan fingerprint density at radius 1 is 0.960 bits per heavy atom. The summed E-state index contributed by atoms with van der Waals surface area (Å²) in [5, 5.41) is 8.64. The molecule has 2 aromatic carbocycles. The molecule has 0 heterocycles. The molecular formula is C22H34O3. The van der Waals surface area contributed by atoms with E-state index in [2.05, 4.69) is 6.92 Å². The van der Waals surface area contributed by atoms with E-state index in [0.29, 0.717) is 0 Å². The van der Waals surface area contributed by atoms with Gasteiger partial charge in [0.25, 0.3) is 0 Å². The van der Waals surface area contributed by atoms with Crippen LogP contribution in [0.2, 0.25) is 0 Å². The molecule has 0 aliphatic carbocycles. The van der Waals surface area contributed by atoms with Crippen molar-refractivity contribution < 1.29 is 14.6 Å². The average Bonchev–Trinajstić information content (AvgIpc) is 2.67. The highest BCUT2D eigenvalue weighted by atomic mass is 16.5. The molecule has 0 aliphatic rings. The highest BCUT2D eigenvalue weighted by Gasteiger charge is 2.11. The SMILES string of the molecule is CC.CC.CCOc1ccc(C)cc1.C[C@H](C(=O)O)c1ccccc1. The van der Waals surface area contributed by atoms with Gasteiger partial charge in [-0.25, -0.2) is 0 Å². The summed E-state index contributed by atoms with van der Waals surface area (Å²) in [6.07, 6.45) is 0. The number of aliphatic carboxylic acids is 1. The first kappa shape index (κ1) is 25.0. The Kier molecular flexibility index (Phi) is 16.5. The lowest BCUT2D eigenvalue weighted by atomic mass is 10.0. The van der Waals surface area contributed by atoms with E-state index < -0.39 is 11.9 Å². The van der Waals surface area contributed by atoms with Crippen molar-refractivity contribution in [2.75, 3.05) is 6.61 Å². The zero-order valence-corrected chi connectivity index (χ0v) is 16.7. The van der Waals surface area contributed by atoms with Crippen molar-refractivity contribution in [1.29, 1.82) is 0 Å². The van der Waals surface area contributed by atoms with Crippen LogP contribution in [0.3, 0.4) is 0 Å². The molecule has 0 saturated carbocycles. The summed E-state index contributed by atoms with van der Waals surface area (Å²) >= 11 is 0. The molecule has 2 rings (SSSR count). The second-order valence-corrected chi connectivity index (χ2v) is 4.72. The molecule has 0 amide bonds. The highest BCUT2D eigenvalue weighted by molar-refractivity contribution is 5.75. The van der Waals surface area contributed by atoms with E-state index >= 15 is 0 Å². The van der Waals surface area contributed by atoms with Gasteiger partial charge in [0.05, 0.1) is 12.5 Å². The summed E-state index contributed by atoms with van der Waals surface area (Å²) in [4.78, 5) is 10.5. The molecule has 0 saturated heterocycles. The van der Waals surface area contributed by atoms with Crippen molar-refractivity contribution >= 4 is 5.97 Å². The van der Waals surface area contributed by atoms with Crippen molar-refractivity contribution in [3.8, 4) is 5.75 Å². The maximum Gasteiger partial charge on any atom is 0.310 e. The van der Waals surface area contributed by atoms with Crippen LogP contribution >= 0.6 is 0 Å². The van der Waals surface area contributed by atoms with Crippen LogP contribution in [0.15, 0.2) is 54.6 Å². The summed E-state index contributed by atoms with van der Waals surface area (Å²) < 4.78 is 5.26. The van der Waals surface area contributed by atoms with E-state index in [-0.39, 0.29) is 0 Å². The quantitative estimate of drug-likeness (QED) is 0.704. The first-order valence-corrected chi connectivity index (χ1v) is 9.01. The molecule has 0 fully saturated rings. The fraction of sp³-hybridized carbons (Fsp3) is 0.409. The predicted octanol–water partition coefficient (Wildman–Crippen LogP) is 6.32. The van der Waals surface area contributed by atoms with Crippen LogP contribution in [0.25, 0.3) is 0 Å². The summed E-state index contributed by atoms with van der Waals surface area (Å²) in [6.45, 7) is 14.5. The topological polar surface area (TPSA) is 46.5 Å². The number of carboxylic acid groups (broad SMARTS) is 1. The standard InChI is InChI=1S/C9H10O2.C9H12O.2C2H6/c1-7(9(10)11)8-5-3-2-4-6-8;1-3-10-9-6-4-8(2)5-7-9;2*1-2/h2-7H,1H3,(H,10,11);4-7H,3H2,1-2H3;2*1-2H3/t7-;;;/m0.../s1. The van der Waals surface area contributed by atoms with E-state index in [1.165, 1.54) is 5.56 Å². The third-order valence-corrected chi connectivity index (χ3v) is 3.00. The van der Waals surface area contributed by atoms with Crippen LogP contribution in [0.4, 0.5) is 0 Å². The Labute approximate surface area is 153 Å². The lowest BCUT2D eigenvalue weighted by molar-refractivity contribution is -0.138. The first-order chi connectivity index (χ1) is 12.0. The number of benzene rings is 2. The molecule has 0 spiro atoms. The lowest BCUT2D eigenvalue weighted by Crippen LogP contribution is -2.06. The van der Waals surface area contributed by atoms with Gasteiger partial charge in [0.2, 0.25) is 0 Å². The van der Waals surface area contributed by atoms with Gasteiger partial charge in [0.15, 0.2) is 0 Å². The van der Waals surface area contributed by atoms with Gasteiger partial charge in [-0.3, -0.25) is 4.79 Å². The first-order valence-electron chi connectivity index (χ1n) is 9.01. The summed E-state index contributed by atoms with van der Waals surface area (Å²) in [6, 6.07) is 17.3. The Bertz CT molecular complexity index is 533. The van der Waals surface area contributed by atoms with Gasteiger partial charge >= 0.3 is 5.97 Å². The van der Waals surface area contributed by atoms with Gasteiger partial charge in [-0.2, -0.15) is 0 Å². The Hall–Kier alpha value is -2.29. The maximum atomic E-state index is 10.5. The minimum atomic E-state index is -0.781. The van der Waals surface area contributed by atoms with E-state index in [4.69, 9.17) is 9.84 Å². The minimum Gasteiger partial charge on any atom is -0.494 e. The minimum absolute atomic E-state index is 0.406. The van der Waals surface area contributed by atoms with Gasteiger partial charge in [-0.05, 0) is 38.5 Å². The summed E-state index contributed by atoms with van der Waals surface area (Å²) in [5.74, 6) is -0.236. The van der Waals surface area contributed by atoms with Crippen LogP contribution in [0.5, 0.6) is 5.75 Å². The van der Waals surface area contributed by atoms with Crippen LogP contribution in [0, 0.1) is 6.92 Å². The zero-order valence-electron chi connectivity index (χ0n) is 16.7. The number of hydrogen-bond acceptors (Lipinski definition) is 2. The fourth-order valence-electron chi connectivity index (χ4n) is 1.69. The largest absolute Gasteiger partial charge is 0.494 e. The molecule has 0 aromatic heterocycles. The predicted molar refractivity (Wildman–Crippen MR) is 108 cm³/mol. The Morgan fingerprint density at radius 2 is 1.44 bits per heavy atom. The van der Waals surface area contributed by atoms with Crippen LogP contribution in [-0.2, 0) is 4.79 Å². The van der Waals surface area contributed by atoms with Gasteiger partial charge in [-0.15, -0.1) is 0 Å². The lowest BCUT2D eigenvalue weighted by Gasteiger charge is -2.04. The van der Waals surface area contributed by atoms with Gasteiger partial charge in [0, 0.05) is 0 Å². The van der Waals surface area contributed by atoms with Crippen molar-refractivity contribution in [2.24, 2.45) is 0 Å². The summed E-state index contributed by atoms with van der Waals surface area (Å²) in [7, 11) is 0. The van der Waals surface area contributed by atoms with Crippen LogP contribution in [0.1, 0.15) is 58.6 Å². The Balaban J connectivity index is 0. The van der Waals surface area contributed by atoms with Gasteiger partial charge < -0.3 is 9.84 Å². The van der Waals surface area contributed by atoms with E-state index in [1.54, 1.807) is 6.92 Å². The third-order valence-electron chi connectivity index (χ3n) is 3.00. The molecule has 2 aromatic rings. The van der Waals surface area contributed by atoms with Crippen molar-refractivity contribution in [1.82, 2.24) is 0 Å². The van der Waals surface area contributed by atoms with Crippen LogP contribution < -0.4 is 4.74 Å². The molecule has 25 heavy (non-hydrogen) atoms. The maximum absolute atomic E-state index is 10.5. The number of carbonyl (C=O) groups is 1. The molecule has 1 N–H and O–H groups in total. The van der Waals surface area contributed by atoms with Crippen LogP contribution in [-0.4, -0.2) is 17.7 Å².